The van der Waals surface area contributed by atoms with E-state index in [0.29, 0.717) is 5.75 Å². The van der Waals surface area contributed by atoms with Crippen LogP contribution in [0.4, 0.5) is 0 Å². The number of hydrogen-bond acceptors (Lipinski definition) is 5. The van der Waals surface area contributed by atoms with Gasteiger partial charge in [-0.25, -0.2) is 0 Å². The van der Waals surface area contributed by atoms with E-state index >= 15 is 0 Å². The smallest absolute Gasteiger partial charge is 0.115 e. The zero-order chi connectivity index (χ0) is 18.9. The number of benzene rings is 1. The summed E-state index contributed by atoms with van der Waals surface area (Å²) < 4.78 is 5.20. The van der Waals surface area contributed by atoms with Crippen molar-refractivity contribution < 1.29 is 9.84 Å². The Hall–Kier alpha value is -1.95. The number of ether oxygens (including phenoxy) is 1. The molecule has 2 heterocycles. The Morgan fingerprint density at radius 1 is 1.04 bits per heavy atom. The second kappa shape index (κ2) is 10.4. The van der Waals surface area contributed by atoms with Crippen molar-refractivity contribution in [2.24, 2.45) is 5.92 Å². The molecule has 0 saturated carbocycles. The van der Waals surface area contributed by atoms with Crippen molar-refractivity contribution in [2.75, 3.05) is 39.9 Å². The molecule has 3 rings (SSSR count). The molecule has 1 N–H and O–H groups in total. The summed E-state index contributed by atoms with van der Waals surface area (Å²) in [4.78, 5) is 9.16. The summed E-state index contributed by atoms with van der Waals surface area (Å²) in [5.74, 6) is 1.05. The van der Waals surface area contributed by atoms with Crippen LogP contribution in [-0.2, 0) is 17.8 Å². The van der Waals surface area contributed by atoms with Gasteiger partial charge in [0.1, 0.15) is 5.75 Å². The van der Waals surface area contributed by atoms with Gasteiger partial charge in [-0.05, 0) is 67.2 Å². The molecule has 5 heteroatoms. The maximum Gasteiger partial charge on any atom is 0.115 e. The summed E-state index contributed by atoms with van der Waals surface area (Å²) in [6, 6.07) is 11.8. The van der Waals surface area contributed by atoms with E-state index in [-0.39, 0.29) is 0 Å². The number of hydrogen-bond donors (Lipinski definition) is 1. The number of phenols is 1. The van der Waals surface area contributed by atoms with Crippen molar-refractivity contribution in [3.05, 3.63) is 59.9 Å². The molecule has 146 valence electrons. The first kappa shape index (κ1) is 19.8. The molecule has 0 spiro atoms. The van der Waals surface area contributed by atoms with Gasteiger partial charge in [0.15, 0.2) is 0 Å². The van der Waals surface area contributed by atoms with Crippen LogP contribution in [0.1, 0.15) is 24.0 Å². The highest BCUT2D eigenvalue weighted by Gasteiger charge is 2.21. The Morgan fingerprint density at radius 2 is 1.67 bits per heavy atom. The molecule has 0 bridgehead atoms. The third-order valence-corrected chi connectivity index (χ3v) is 5.33. The number of phenolic OH excluding ortho intramolecular Hbond substituents is 1. The van der Waals surface area contributed by atoms with Crippen molar-refractivity contribution in [3.63, 3.8) is 0 Å². The average Bonchev–Trinajstić information content (AvgIpc) is 2.70. The van der Waals surface area contributed by atoms with Crippen molar-refractivity contribution in [1.82, 2.24) is 14.8 Å². The van der Waals surface area contributed by atoms with Crippen LogP contribution in [0.3, 0.4) is 0 Å². The highest BCUT2D eigenvalue weighted by molar-refractivity contribution is 5.26. The normalized spacial score (nSPS) is 16.1. The zero-order valence-corrected chi connectivity index (χ0v) is 16.3. The van der Waals surface area contributed by atoms with E-state index in [1.165, 1.54) is 24.0 Å². The maximum absolute atomic E-state index is 9.54. The first-order chi connectivity index (χ1) is 13.2. The van der Waals surface area contributed by atoms with Crippen molar-refractivity contribution in [3.8, 4) is 5.75 Å². The molecule has 5 nitrogen and oxygen atoms in total. The minimum Gasteiger partial charge on any atom is -0.508 e. The number of methoxy groups -OCH3 is 1. The van der Waals surface area contributed by atoms with Crippen LogP contribution in [0.25, 0.3) is 0 Å². The van der Waals surface area contributed by atoms with E-state index in [2.05, 4.69) is 26.9 Å². The van der Waals surface area contributed by atoms with Gasteiger partial charge in [-0.15, -0.1) is 0 Å². The molecule has 0 aliphatic carbocycles. The van der Waals surface area contributed by atoms with Crippen molar-refractivity contribution in [1.29, 1.82) is 0 Å². The summed E-state index contributed by atoms with van der Waals surface area (Å²) in [5.41, 5.74) is 2.53. The summed E-state index contributed by atoms with van der Waals surface area (Å²) in [6.07, 6.45) is 6.21. The van der Waals surface area contributed by atoms with E-state index in [1.54, 1.807) is 19.2 Å². The first-order valence-electron chi connectivity index (χ1n) is 9.83. The average molecular weight is 370 g/mol. The van der Waals surface area contributed by atoms with Crippen LogP contribution in [-0.4, -0.2) is 59.8 Å². The van der Waals surface area contributed by atoms with E-state index in [0.717, 1.165) is 51.8 Å². The number of aromatic nitrogens is 1. The van der Waals surface area contributed by atoms with Crippen LogP contribution in [0.5, 0.6) is 5.75 Å². The van der Waals surface area contributed by atoms with E-state index in [4.69, 9.17) is 4.74 Å². The van der Waals surface area contributed by atoms with Crippen LogP contribution < -0.4 is 0 Å². The summed E-state index contributed by atoms with van der Waals surface area (Å²) in [5, 5.41) is 9.54. The van der Waals surface area contributed by atoms with Gasteiger partial charge < -0.3 is 14.7 Å². The van der Waals surface area contributed by atoms with Crippen LogP contribution in [0, 0.1) is 5.92 Å². The highest BCUT2D eigenvalue weighted by Crippen LogP contribution is 2.21. The predicted molar refractivity (Wildman–Crippen MR) is 107 cm³/mol. The lowest BCUT2D eigenvalue weighted by atomic mass is 9.95. The molecule has 2 aromatic rings. The Labute approximate surface area is 162 Å². The Bertz CT molecular complexity index is 655. The molecule has 27 heavy (non-hydrogen) atoms. The maximum atomic E-state index is 9.54. The van der Waals surface area contributed by atoms with Crippen LogP contribution >= 0.6 is 0 Å². The van der Waals surface area contributed by atoms with Crippen molar-refractivity contribution in [2.45, 2.75) is 25.9 Å². The lowest BCUT2D eigenvalue weighted by molar-refractivity contribution is 0.104. The molecule has 0 amide bonds. The second-order valence-corrected chi connectivity index (χ2v) is 7.47. The predicted octanol–water partition coefficient (Wildman–Crippen LogP) is 3.15. The molecule has 1 aliphatic rings. The minimum atomic E-state index is 0.322. The number of nitrogens with zero attached hydrogens (tertiary/aromatic N) is 3. The lowest BCUT2D eigenvalue weighted by Gasteiger charge is -2.35. The third kappa shape index (κ3) is 6.61. The fourth-order valence-corrected chi connectivity index (χ4v) is 3.77. The molecule has 1 aromatic carbocycles. The molecule has 0 atom stereocenters. The molecule has 1 saturated heterocycles. The molecule has 1 aromatic heterocycles. The fraction of sp³-hybridized carbons (Fsp3) is 0.500. The van der Waals surface area contributed by atoms with Crippen LogP contribution in [0.15, 0.2) is 48.8 Å². The third-order valence-electron chi connectivity index (χ3n) is 5.33. The lowest BCUT2D eigenvalue weighted by Crippen LogP contribution is -2.39. The van der Waals surface area contributed by atoms with Crippen LogP contribution in [0.2, 0.25) is 0 Å². The summed E-state index contributed by atoms with van der Waals surface area (Å²) in [7, 11) is 1.77. The largest absolute Gasteiger partial charge is 0.508 e. The van der Waals surface area contributed by atoms with Gasteiger partial charge in [0.05, 0.1) is 6.61 Å². The number of likely N-dealkylation sites (tertiary alicyclic amines) is 1. The Balaban J connectivity index is 1.58. The van der Waals surface area contributed by atoms with Gasteiger partial charge in [0.2, 0.25) is 0 Å². The monoisotopic (exact) mass is 369 g/mol. The number of pyridine rings is 1. The molecular formula is C22H31N3O2. The Kier molecular flexibility index (Phi) is 7.63. The van der Waals surface area contributed by atoms with E-state index < -0.39 is 0 Å². The van der Waals surface area contributed by atoms with Gasteiger partial charge in [-0.1, -0.05) is 12.1 Å². The van der Waals surface area contributed by atoms with Gasteiger partial charge >= 0.3 is 0 Å². The molecule has 1 aliphatic heterocycles. The molecule has 0 unspecified atom stereocenters. The van der Waals surface area contributed by atoms with Gasteiger partial charge in [-0.2, -0.15) is 0 Å². The van der Waals surface area contributed by atoms with Gasteiger partial charge in [0, 0.05) is 45.7 Å². The van der Waals surface area contributed by atoms with E-state index in [1.807, 2.05) is 24.5 Å². The summed E-state index contributed by atoms with van der Waals surface area (Å²) >= 11 is 0. The van der Waals surface area contributed by atoms with Gasteiger partial charge in [-0.3, -0.25) is 9.88 Å². The number of rotatable bonds is 9. The quantitative estimate of drug-likeness (QED) is 0.736. The standard InChI is InChI=1S/C22H31N3O2/c1-27-15-14-24-12-8-21(9-13-24)18-25(17-20-6-10-23-11-7-20)16-19-2-4-22(26)5-3-19/h2-7,10-11,21,26H,8-9,12-18H2,1H3. The van der Waals surface area contributed by atoms with Gasteiger partial charge in [0.25, 0.3) is 0 Å². The number of piperidine rings is 1. The minimum absolute atomic E-state index is 0.322. The SMILES string of the molecule is COCCN1CCC(CN(Cc2ccncc2)Cc2ccc(O)cc2)CC1. The van der Waals surface area contributed by atoms with Crippen molar-refractivity contribution >= 4 is 0 Å². The highest BCUT2D eigenvalue weighted by atomic mass is 16.5. The Morgan fingerprint density at radius 3 is 2.30 bits per heavy atom. The summed E-state index contributed by atoms with van der Waals surface area (Å²) in [6.45, 7) is 7.10. The molecule has 1 fully saturated rings. The van der Waals surface area contributed by atoms with E-state index in [9.17, 15) is 5.11 Å². The topological polar surface area (TPSA) is 48.8 Å². The first-order valence-corrected chi connectivity index (χ1v) is 9.83. The fourth-order valence-electron chi connectivity index (χ4n) is 3.77. The molecular weight excluding hydrogens is 338 g/mol. The number of aromatic hydroxyl groups is 1. The zero-order valence-electron chi connectivity index (χ0n) is 16.3. The molecule has 0 radical (unpaired) electrons. The second-order valence-electron chi connectivity index (χ2n) is 7.47.